The second kappa shape index (κ2) is 11.8. The third-order valence-corrected chi connectivity index (χ3v) is 7.99. The molecule has 7 heteroatoms. The maximum Gasteiger partial charge on any atom is 2.00 e. The molecule has 45 heavy (non-hydrogen) atoms. The molecule has 0 saturated heterocycles. The van der Waals surface area contributed by atoms with Gasteiger partial charge in [-0.15, -0.1) is 35.7 Å². The van der Waals surface area contributed by atoms with Gasteiger partial charge < -0.3 is 9.30 Å². The molecule has 7 rings (SSSR count). The first kappa shape index (κ1) is 30.5. The monoisotopic (exact) mass is 773 g/mol. The van der Waals surface area contributed by atoms with E-state index in [0.29, 0.717) is 11.5 Å². The summed E-state index contributed by atoms with van der Waals surface area (Å²) in [5.41, 5.74) is 7.49. The molecule has 0 fully saturated rings. The summed E-state index contributed by atoms with van der Waals surface area (Å²) in [7, 11) is 0. The molecular formula is C38H31FN4OPt. The standard InChI is InChI=1S/C38H31FN4O.Pt/c1-24-17-28(39)18-25(2)37(24)26-22-41-42(23-26)29-9-8-10-30(20-29)44-31-13-14-33-32-11-6-7-12-34(32)43(35(33)21-31)36-19-27(15-16-40-36)38(3,4)5;/h6-19,22-23H,1-5H3;/q-2;+2. The molecule has 7 aromatic rings. The zero-order valence-corrected chi connectivity index (χ0v) is 27.9. The molecule has 0 aliphatic carbocycles. The van der Waals surface area contributed by atoms with Crippen molar-refractivity contribution < 1.29 is 30.2 Å². The van der Waals surface area contributed by atoms with Gasteiger partial charge in [0, 0.05) is 35.0 Å². The van der Waals surface area contributed by atoms with Crippen LogP contribution in [-0.4, -0.2) is 19.3 Å². The molecule has 0 bridgehead atoms. The Kier molecular flexibility index (Phi) is 7.96. The largest absolute Gasteiger partial charge is 2.00 e. The number of aryl methyl sites for hydroxylation is 2. The zero-order valence-electron chi connectivity index (χ0n) is 25.6. The van der Waals surface area contributed by atoms with E-state index in [9.17, 15) is 4.39 Å². The first-order valence-corrected chi connectivity index (χ1v) is 14.6. The van der Waals surface area contributed by atoms with Crippen molar-refractivity contribution in [2.45, 2.75) is 40.0 Å². The van der Waals surface area contributed by atoms with Crippen LogP contribution in [0.3, 0.4) is 0 Å². The second-order valence-electron chi connectivity index (χ2n) is 12.2. The van der Waals surface area contributed by atoms with E-state index in [-0.39, 0.29) is 32.3 Å². The number of pyridine rings is 1. The Balaban J connectivity index is 0.00000357. The molecule has 3 aromatic heterocycles. The van der Waals surface area contributed by atoms with E-state index >= 15 is 0 Å². The van der Waals surface area contributed by atoms with Gasteiger partial charge in [0.15, 0.2) is 0 Å². The Hall–Kier alpha value is -4.54. The van der Waals surface area contributed by atoms with Gasteiger partial charge in [-0.1, -0.05) is 44.5 Å². The van der Waals surface area contributed by atoms with Crippen LogP contribution in [0.4, 0.5) is 4.39 Å². The topological polar surface area (TPSA) is 44.9 Å². The number of hydrogen-bond donors (Lipinski definition) is 0. The zero-order chi connectivity index (χ0) is 30.6. The van der Waals surface area contributed by atoms with Crippen molar-refractivity contribution in [1.82, 2.24) is 19.3 Å². The molecule has 0 radical (unpaired) electrons. The fraction of sp³-hybridized carbons (Fsp3) is 0.158. The van der Waals surface area contributed by atoms with Crippen molar-refractivity contribution in [3.05, 3.63) is 132 Å². The van der Waals surface area contributed by atoms with E-state index < -0.39 is 0 Å². The van der Waals surface area contributed by atoms with Crippen molar-refractivity contribution in [3.63, 3.8) is 0 Å². The van der Waals surface area contributed by atoms with E-state index in [4.69, 9.17) is 9.72 Å². The van der Waals surface area contributed by atoms with Crippen LogP contribution in [0.2, 0.25) is 0 Å². The minimum atomic E-state index is -0.237. The normalized spacial score (nSPS) is 11.6. The molecule has 0 aliphatic heterocycles. The maximum atomic E-state index is 13.9. The Bertz CT molecular complexity index is 2170. The van der Waals surface area contributed by atoms with E-state index in [1.54, 1.807) is 23.0 Å². The van der Waals surface area contributed by atoms with Gasteiger partial charge >= 0.3 is 21.1 Å². The van der Waals surface area contributed by atoms with Crippen molar-refractivity contribution in [1.29, 1.82) is 0 Å². The SMILES string of the molecule is Cc1cc(F)cc(C)c1-c1cnn(-c2[c-]c(Oc3[c-]c4c(cc3)c3ccccc3n4-c3cc(C(C)(C)C)ccn3)ccc2)c1.[Pt+2]. The molecule has 0 aliphatic rings. The summed E-state index contributed by atoms with van der Waals surface area (Å²) in [5.74, 6) is 1.71. The molecule has 0 atom stereocenters. The van der Waals surface area contributed by atoms with Crippen LogP contribution in [0, 0.1) is 31.8 Å². The quantitative estimate of drug-likeness (QED) is 0.164. The molecule has 0 N–H and O–H groups in total. The minimum absolute atomic E-state index is 0. The number of halogens is 1. The van der Waals surface area contributed by atoms with Crippen LogP contribution >= 0.6 is 0 Å². The third kappa shape index (κ3) is 5.71. The third-order valence-electron chi connectivity index (χ3n) is 7.99. The van der Waals surface area contributed by atoms with Gasteiger partial charge in [-0.2, -0.15) is 17.2 Å². The summed E-state index contributed by atoms with van der Waals surface area (Å²) in [6, 6.07) is 32.2. The Morgan fingerprint density at radius 2 is 1.58 bits per heavy atom. The second-order valence-corrected chi connectivity index (χ2v) is 12.2. The molecule has 0 saturated carbocycles. The molecule has 3 heterocycles. The first-order chi connectivity index (χ1) is 21.2. The summed E-state index contributed by atoms with van der Waals surface area (Å²) in [4.78, 5) is 4.76. The fourth-order valence-corrected chi connectivity index (χ4v) is 5.88. The molecule has 226 valence electrons. The van der Waals surface area contributed by atoms with Crippen LogP contribution in [0.1, 0.15) is 37.5 Å². The van der Waals surface area contributed by atoms with Gasteiger partial charge in [0.05, 0.1) is 6.20 Å². The Morgan fingerprint density at radius 3 is 2.36 bits per heavy atom. The molecule has 4 aromatic carbocycles. The Labute approximate surface area is 276 Å². The number of nitrogens with zero attached hydrogens (tertiary/aromatic N) is 4. The maximum absolute atomic E-state index is 13.9. The van der Waals surface area contributed by atoms with Crippen molar-refractivity contribution in [3.8, 4) is 34.1 Å². The summed E-state index contributed by atoms with van der Waals surface area (Å²) in [6.07, 6.45) is 5.59. The van der Waals surface area contributed by atoms with Gasteiger partial charge in [-0.05, 0) is 82.9 Å². The van der Waals surface area contributed by atoms with Crippen molar-refractivity contribution in [2.24, 2.45) is 0 Å². The summed E-state index contributed by atoms with van der Waals surface area (Å²) >= 11 is 0. The molecule has 0 spiro atoms. The number of ether oxygens (including phenoxy) is 1. The smallest absolute Gasteiger partial charge is 0.509 e. The molecule has 0 unspecified atom stereocenters. The van der Waals surface area contributed by atoms with Crippen LogP contribution in [0.15, 0.2) is 97.5 Å². The van der Waals surface area contributed by atoms with Crippen molar-refractivity contribution in [2.75, 3.05) is 0 Å². The van der Waals surface area contributed by atoms with Gasteiger partial charge in [0.25, 0.3) is 0 Å². The number of para-hydroxylation sites is 1. The predicted molar refractivity (Wildman–Crippen MR) is 173 cm³/mol. The number of benzene rings is 4. The summed E-state index contributed by atoms with van der Waals surface area (Å²) in [5, 5.41) is 6.77. The number of hydrogen-bond acceptors (Lipinski definition) is 3. The van der Waals surface area contributed by atoms with Gasteiger partial charge in [-0.25, -0.2) is 9.37 Å². The van der Waals surface area contributed by atoms with Gasteiger partial charge in [0.1, 0.15) is 11.6 Å². The van der Waals surface area contributed by atoms with Crippen LogP contribution in [0.5, 0.6) is 11.5 Å². The van der Waals surface area contributed by atoms with Gasteiger partial charge in [0.2, 0.25) is 0 Å². The summed E-state index contributed by atoms with van der Waals surface area (Å²) < 4.78 is 24.1. The fourth-order valence-electron chi connectivity index (χ4n) is 5.88. The number of fused-ring (bicyclic) bond motifs is 3. The Morgan fingerprint density at radius 1 is 0.822 bits per heavy atom. The first-order valence-electron chi connectivity index (χ1n) is 14.6. The van der Waals surface area contributed by atoms with E-state index in [0.717, 1.165) is 55.6 Å². The van der Waals surface area contributed by atoms with Gasteiger partial charge in [-0.3, -0.25) is 4.68 Å². The summed E-state index contributed by atoms with van der Waals surface area (Å²) in [6.45, 7) is 10.4. The van der Waals surface area contributed by atoms with E-state index in [2.05, 4.69) is 79.0 Å². The number of aromatic nitrogens is 4. The van der Waals surface area contributed by atoms with E-state index in [1.807, 2.05) is 56.6 Å². The molecule has 5 nitrogen and oxygen atoms in total. The molecule has 0 amide bonds. The minimum Gasteiger partial charge on any atom is -0.509 e. The predicted octanol–water partition coefficient (Wildman–Crippen LogP) is 9.48. The number of rotatable bonds is 5. The average molecular weight is 774 g/mol. The van der Waals surface area contributed by atoms with Crippen molar-refractivity contribution >= 4 is 21.8 Å². The van der Waals surface area contributed by atoms with Crippen LogP contribution in [0.25, 0.3) is 44.4 Å². The van der Waals surface area contributed by atoms with Crippen LogP contribution < -0.4 is 4.74 Å². The molecular weight excluding hydrogens is 743 g/mol. The van der Waals surface area contributed by atoms with E-state index in [1.165, 1.54) is 5.56 Å². The average Bonchev–Trinajstić information content (AvgIpc) is 3.59. The van der Waals surface area contributed by atoms with Crippen LogP contribution in [-0.2, 0) is 26.5 Å².